The van der Waals surface area contributed by atoms with Gasteiger partial charge in [-0.25, -0.2) is 0 Å². The van der Waals surface area contributed by atoms with E-state index in [0.29, 0.717) is 24.5 Å². The Morgan fingerprint density at radius 1 is 1.33 bits per heavy atom. The molecule has 2 amide bonds. The van der Waals surface area contributed by atoms with E-state index >= 15 is 0 Å². The number of hydrogen-bond acceptors (Lipinski definition) is 3. The van der Waals surface area contributed by atoms with E-state index in [2.05, 4.69) is 10.3 Å². The Labute approximate surface area is 144 Å². The topological polar surface area (TPSA) is 62.3 Å². The number of aromatic nitrogens is 1. The first kappa shape index (κ1) is 15.1. The zero-order valence-electron chi connectivity index (χ0n) is 13.0. The summed E-state index contributed by atoms with van der Waals surface area (Å²) in [5, 5.41) is 3.41. The highest BCUT2D eigenvalue weighted by molar-refractivity contribution is 6.30. The number of halogens is 1. The van der Waals surface area contributed by atoms with Gasteiger partial charge in [0.2, 0.25) is 11.8 Å². The lowest BCUT2D eigenvalue weighted by molar-refractivity contribution is -0.135. The number of carbonyl (C=O) groups is 2. The summed E-state index contributed by atoms with van der Waals surface area (Å²) in [6.45, 7) is 1.10. The van der Waals surface area contributed by atoms with Gasteiger partial charge in [-0.1, -0.05) is 29.8 Å². The van der Waals surface area contributed by atoms with Crippen LogP contribution >= 0.6 is 11.6 Å². The van der Waals surface area contributed by atoms with Crippen LogP contribution in [0.5, 0.6) is 0 Å². The van der Waals surface area contributed by atoms with Gasteiger partial charge in [0, 0.05) is 43.5 Å². The second kappa shape index (κ2) is 5.91. The summed E-state index contributed by atoms with van der Waals surface area (Å²) in [6, 6.07) is 9.36. The first-order valence-electron chi connectivity index (χ1n) is 7.92. The lowest BCUT2D eigenvalue weighted by atomic mass is 9.88. The van der Waals surface area contributed by atoms with Crippen LogP contribution in [0, 0.1) is 0 Å². The number of nitrogens with zero attached hydrogens (tertiary/aromatic N) is 2. The van der Waals surface area contributed by atoms with Gasteiger partial charge in [0.15, 0.2) is 0 Å². The molecule has 4 rings (SSSR count). The molecule has 1 N–H and O–H groups in total. The van der Waals surface area contributed by atoms with Crippen molar-refractivity contribution in [2.75, 3.05) is 11.9 Å². The smallest absolute Gasteiger partial charge is 0.231 e. The van der Waals surface area contributed by atoms with E-state index in [1.54, 1.807) is 11.1 Å². The molecular formula is C18H16ClN3O2. The second-order valence-corrected chi connectivity index (χ2v) is 6.60. The summed E-state index contributed by atoms with van der Waals surface area (Å²) in [7, 11) is 0. The van der Waals surface area contributed by atoms with Crippen molar-refractivity contribution in [2.45, 2.75) is 25.3 Å². The third kappa shape index (κ3) is 2.65. The summed E-state index contributed by atoms with van der Waals surface area (Å²) < 4.78 is 0. The quantitative estimate of drug-likeness (QED) is 0.867. The fourth-order valence-electron chi connectivity index (χ4n) is 3.44. The third-order valence-corrected chi connectivity index (χ3v) is 4.82. The molecule has 0 aliphatic carbocycles. The summed E-state index contributed by atoms with van der Waals surface area (Å²) in [5.41, 5.74) is 3.59. The van der Waals surface area contributed by atoms with Gasteiger partial charge >= 0.3 is 0 Å². The highest BCUT2D eigenvalue weighted by atomic mass is 35.5. The van der Waals surface area contributed by atoms with Crippen molar-refractivity contribution in [2.24, 2.45) is 0 Å². The van der Waals surface area contributed by atoms with E-state index in [1.165, 1.54) is 0 Å². The van der Waals surface area contributed by atoms with Gasteiger partial charge in [0.05, 0.1) is 10.9 Å². The predicted octanol–water partition coefficient (Wildman–Crippen LogP) is 2.75. The van der Waals surface area contributed by atoms with Gasteiger partial charge in [0.1, 0.15) is 0 Å². The second-order valence-electron chi connectivity index (χ2n) is 6.16. The zero-order valence-corrected chi connectivity index (χ0v) is 13.7. The third-order valence-electron chi connectivity index (χ3n) is 4.62. The number of pyridine rings is 1. The molecule has 2 aliphatic heterocycles. The zero-order chi connectivity index (χ0) is 16.7. The molecule has 1 unspecified atom stereocenters. The average Bonchev–Trinajstić information content (AvgIpc) is 2.59. The van der Waals surface area contributed by atoms with Gasteiger partial charge < -0.3 is 10.2 Å². The van der Waals surface area contributed by atoms with Gasteiger partial charge in [-0.15, -0.1) is 0 Å². The monoisotopic (exact) mass is 341 g/mol. The Hall–Kier alpha value is -2.40. The van der Waals surface area contributed by atoms with E-state index < -0.39 is 5.92 Å². The number of carbonyl (C=O) groups excluding carboxylic acids is 2. The molecule has 0 radical (unpaired) electrons. The molecule has 1 atom stereocenters. The number of rotatable bonds is 1. The van der Waals surface area contributed by atoms with E-state index in [9.17, 15) is 9.59 Å². The molecule has 0 saturated heterocycles. The molecular weight excluding hydrogens is 326 g/mol. The molecule has 3 heterocycles. The minimum absolute atomic E-state index is 0.0112. The fraction of sp³-hybridized carbons (Fsp3) is 0.278. The molecule has 0 bridgehead atoms. The Balaban J connectivity index is 1.62. The average molecular weight is 342 g/mol. The highest BCUT2D eigenvalue weighted by Crippen LogP contribution is 2.34. The molecule has 5 nitrogen and oxygen atoms in total. The van der Waals surface area contributed by atoms with Crippen LogP contribution in [0.4, 0.5) is 5.69 Å². The fourth-order valence-corrected chi connectivity index (χ4v) is 3.62. The maximum atomic E-state index is 13.0. The van der Waals surface area contributed by atoms with Crippen LogP contribution < -0.4 is 5.32 Å². The van der Waals surface area contributed by atoms with Gasteiger partial charge in [-0.05, 0) is 23.3 Å². The maximum Gasteiger partial charge on any atom is 0.231 e. The van der Waals surface area contributed by atoms with Gasteiger partial charge in [0.25, 0.3) is 0 Å². The molecule has 2 aliphatic rings. The molecule has 122 valence electrons. The van der Waals surface area contributed by atoms with Gasteiger partial charge in [-0.2, -0.15) is 0 Å². The van der Waals surface area contributed by atoms with Crippen LogP contribution in [0.3, 0.4) is 0 Å². The van der Waals surface area contributed by atoms with Crippen molar-refractivity contribution < 1.29 is 9.59 Å². The van der Waals surface area contributed by atoms with Gasteiger partial charge in [-0.3, -0.25) is 14.6 Å². The summed E-state index contributed by atoms with van der Waals surface area (Å²) in [5.74, 6) is -0.555. The van der Waals surface area contributed by atoms with E-state index in [0.717, 1.165) is 22.5 Å². The first-order chi connectivity index (χ1) is 11.6. The molecule has 2 aromatic rings. The van der Waals surface area contributed by atoms with Crippen molar-refractivity contribution in [1.82, 2.24) is 9.88 Å². The molecule has 0 saturated carbocycles. The molecule has 1 aromatic heterocycles. The van der Waals surface area contributed by atoms with Crippen LogP contribution in [0.1, 0.15) is 29.2 Å². The summed E-state index contributed by atoms with van der Waals surface area (Å²) >= 11 is 6.02. The van der Waals surface area contributed by atoms with Crippen molar-refractivity contribution in [3.05, 3.63) is 58.4 Å². The number of amides is 2. The van der Waals surface area contributed by atoms with E-state index in [4.69, 9.17) is 11.6 Å². The minimum atomic E-state index is -0.427. The van der Waals surface area contributed by atoms with Crippen LogP contribution in [0.2, 0.25) is 5.02 Å². The molecule has 0 spiro atoms. The minimum Gasteiger partial charge on any atom is -0.337 e. The SMILES string of the molecule is O=C1CC(C(=O)N2CCc3ncc(Cl)cc3C2)c2ccccc2N1. The number of fused-ring (bicyclic) bond motifs is 2. The molecule has 6 heteroatoms. The lowest BCUT2D eigenvalue weighted by Gasteiger charge is -2.33. The Morgan fingerprint density at radius 2 is 2.17 bits per heavy atom. The summed E-state index contributed by atoms with van der Waals surface area (Å²) in [6.07, 6.45) is 2.53. The maximum absolute atomic E-state index is 13.0. The molecule has 24 heavy (non-hydrogen) atoms. The van der Waals surface area contributed by atoms with Crippen molar-refractivity contribution in [3.63, 3.8) is 0 Å². The Morgan fingerprint density at radius 3 is 3.04 bits per heavy atom. The van der Waals surface area contributed by atoms with E-state index in [1.807, 2.05) is 30.3 Å². The normalized spacial score (nSPS) is 19.3. The van der Waals surface area contributed by atoms with Crippen LogP contribution in [0.15, 0.2) is 36.5 Å². The number of hydrogen-bond donors (Lipinski definition) is 1. The predicted molar refractivity (Wildman–Crippen MR) is 90.8 cm³/mol. The standard InChI is InChI=1S/C18H16ClN3O2/c19-12-7-11-10-22(6-5-15(11)20-9-12)18(24)14-8-17(23)21-16-4-2-1-3-13(14)16/h1-4,7,9,14H,5-6,8,10H2,(H,21,23). The van der Waals surface area contributed by atoms with Crippen LogP contribution in [0.25, 0.3) is 0 Å². The van der Waals surface area contributed by atoms with Crippen molar-refractivity contribution in [3.8, 4) is 0 Å². The molecule has 0 fully saturated rings. The molecule has 1 aromatic carbocycles. The van der Waals surface area contributed by atoms with E-state index in [-0.39, 0.29) is 18.2 Å². The number of anilines is 1. The van der Waals surface area contributed by atoms with Crippen molar-refractivity contribution >= 4 is 29.1 Å². The highest BCUT2D eigenvalue weighted by Gasteiger charge is 2.34. The number of nitrogens with one attached hydrogen (secondary N) is 1. The van der Waals surface area contributed by atoms with Crippen molar-refractivity contribution in [1.29, 1.82) is 0 Å². The van der Waals surface area contributed by atoms with Crippen LogP contribution in [-0.4, -0.2) is 28.2 Å². The first-order valence-corrected chi connectivity index (χ1v) is 8.30. The largest absolute Gasteiger partial charge is 0.337 e. The lowest BCUT2D eigenvalue weighted by Crippen LogP contribution is -2.41. The number of benzene rings is 1. The summed E-state index contributed by atoms with van der Waals surface area (Å²) in [4.78, 5) is 31.2. The van der Waals surface area contributed by atoms with Crippen LogP contribution in [-0.2, 0) is 22.6 Å². The Kier molecular flexibility index (Phi) is 3.73. The number of para-hydroxylation sites is 1. The Bertz CT molecular complexity index is 837.